The van der Waals surface area contributed by atoms with Gasteiger partial charge in [-0.15, -0.1) is 5.10 Å². The molecule has 0 radical (unpaired) electrons. The third-order valence-electron chi connectivity index (χ3n) is 2.82. The highest BCUT2D eigenvalue weighted by molar-refractivity contribution is 5.87. The van der Waals surface area contributed by atoms with E-state index in [9.17, 15) is 0 Å². The van der Waals surface area contributed by atoms with Crippen molar-refractivity contribution in [2.24, 2.45) is 0 Å². The van der Waals surface area contributed by atoms with Crippen LogP contribution in [-0.2, 0) is 6.73 Å². The summed E-state index contributed by atoms with van der Waals surface area (Å²) in [4.78, 5) is 8.29. The number of nitrogens with zero attached hydrogens (tertiary/aromatic N) is 4. The van der Waals surface area contributed by atoms with Gasteiger partial charge in [-0.05, 0) is 19.1 Å². The van der Waals surface area contributed by atoms with Crippen LogP contribution in [0, 0.1) is 6.92 Å². The van der Waals surface area contributed by atoms with Crippen LogP contribution < -0.4 is 5.32 Å². The number of aromatic nitrogens is 4. The zero-order chi connectivity index (χ0) is 13.2. The average molecular weight is 255 g/mol. The number of anilines is 2. The summed E-state index contributed by atoms with van der Waals surface area (Å²) in [6, 6.07) is 8.02. The van der Waals surface area contributed by atoms with Gasteiger partial charge in [-0.25, -0.2) is 14.6 Å². The number of aliphatic hydroxyl groups excluding tert-OH is 1. The molecule has 0 aliphatic heterocycles. The van der Waals surface area contributed by atoms with Gasteiger partial charge in [-0.3, -0.25) is 0 Å². The first-order valence-corrected chi connectivity index (χ1v) is 5.89. The topological polar surface area (TPSA) is 75.9 Å². The smallest absolute Gasteiger partial charge is 0.186 e. The van der Waals surface area contributed by atoms with E-state index in [1.807, 2.05) is 31.2 Å². The van der Waals surface area contributed by atoms with Crippen LogP contribution in [0.1, 0.15) is 5.56 Å². The number of benzene rings is 1. The Morgan fingerprint density at radius 1 is 1.21 bits per heavy atom. The Labute approximate surface area is 109 Å². The second-order valence-electron chi connectivity index (χ2n) is 4.26. The van der Waals surface area contributed by atoms with E-state index in [1.165, 1.54) is 16.6 Å². The Hall–Kier alpha value is -2.47. The standard InChI is InChI=1S/C13H13N5O/c1-9-2-4-10(5-3-9)16-12-11-6-18(8-19)17-13(11)15-7-14-12/h2-7,19H,8H2,1H3,(H,14,15,16,17). The van der Waals surface area contributed by atoms with Crippen molar-refractivity contribution in [3.05, 3.63) is 42.4 Å². The Morgan fingerprint density at radius 2 is 2.00 bits per heavy atom. The lowest BCUT2D eigenvalue weighted by molar-refractivity contribution is 0.196. The number of aryl methyl sites for hydroxylation is 1. The highest BCUT2D eigenvalue weighted by Crippen LogP contribution is 2.22. The van der Waals surface area contributed by atoms with E-state index in [1.54, 1.807) is 6.20 Å². The minimum Gasteiger partial charge on any atom is -0.374 e. The molecule has 0 spiro atoms. The summed E-state index contributed by atoms with van der Waals surface area (Å²) in [5.41, 5.74) is 2.70. The van der Waals surface area contributed by atoms with Gasteiger partial charge in [0.1, 0.15) is 18.9 Å². The Bertz CT molecular complexity index is 705. The van der Waals surface area contributed by atoms with Gasteiger partial charge in [-0.1, -0.05) is 17.7 Å². The molecule has 6 heteroatoms. The molecule has 2 aromatic heterocycles. The Balaban J connectivity index is 2.00. The summed E-state index contributed by atoms with van der Waals surface area (Å²) in [5.74, 6) is 0.675. The predicted molar refractivity (Wildman–Crippen MR) is 72.0 cm³/mol. The maximum atomic E-state index is 9.08. The highest BCUT2D eigenvalue weighted by Gasteiger charge is 2.08. The molecule has 0 aliphatic carbocycles. The van der Waals surface area contributed by atoms with Crippen LogP contribution in [0.25, 0.3) is 11.0 Å². The molecule has 0 amide bonds. The fourth-order valence-corrected chi connectivity index (χ4v) is 1.83. The summed E-state index contributed by atoms with van der Waals surface area (Å²) in [7, 11) is 0. The van der Waals surface area contributed by atoms with Crippen LogP contribution in [0.5, 0.6) is 0 Å². The lowest BCUT2D eigenvalue weighted by Crippen LogP contribution is -1.95. The molecule has 0 saturated carbocycles. The first-order valence-electron chi connectivity index (χ1n) is 5.89. The molecule has 19 heavy (non-hydrogen) atoms. The number of rotatable bonds is 3. The third kappa shape index (κ3) is 2.25. The third-order valence-corrected chi connectivity index (χ3v) is 2.82. The second-order valence-corrected chi connectivity index (χ2v) is 4.26. The lowest BCUT2D eigenvalue weighted by Gasteiger charge is -2.05. The summed E-state index contributed by atoms with van der Waals surface area (Å²) < 4.78 is 1.42. The van der Waals surface area contributed by atoms with Gasteiger partial charge in [0.15, 0.2) is 5.65 Å². The van der Waals surface area contributed by atoms with Crippen molar-refractivity contribution in [3.8, 4) is 0 Å². The van der Waals surface area contributed by atoms with E-state index in [0.717, 1.165) is 11.1 Å². The van der Waals surface area contributed by atoms with Crippen molar-refractivity contribution in [2.75, 3.05) is 5.32 Å². The van der Waals surface area contributed by atoms with Crippen LogP contribution in [0.4, 0.5) is 11.5 Å². The van der Waals surface area contributed by atoms with Gasteiger partial charge >= 0.3 is 0 Å². The van der Waals surface area contributed by atoms with Gasteiger partial charge in [0, 0.05) is 11.9 Å². The zero-order valence-electron chi connectivity index (χ0n) is 10.4. The molecular weight excluding hydrogens is 242 g/mol. The normalized spacial score (nSPS) is 10.8. The van der Waals surface area contributed by atoms with Crippen molar-refractivity contribution in [1.82, 2.24) is 19.7 Å². The highest BCUT2D eigenvalue weighted by atomic mass is 16.3. The SMILES string of the molecule is Cc1ccc(Nc2ncnc3nn(CO)cc23)cc1. The van der Waals surface area contributed by atoms with E-state index >= 15 is 0 Å². The van der Waals surface area contributed by atoms with Crippen LogP contribution in [0.2, 0.25) is 0 Å². The fourth-order valence-electron chi connectivity index (χ4n) is 1.83. The van der Waals surface area contributed by atoms with Gasteiger partial charge in [0.05, 0.1) is 5.39 Å². The molecule has 2 N–H and O–H groups in total. The quantitative estimate of drug-likeness (QED) is 0.746. The van der Waals surface area contributed by atoms with Gasteiger partial charge in [-0.2, -0.15) is 0 Å². The summed E-state index contributed by atoms with van der Waals surface area (Å²) in [6.45, 7) is 1.86. The van der Waals surface area contributed by atoms with E-state index in [0.29, 0.717) is 11.5 Å². The number of fused-ring (bicyclic) bond motifs is 1. The molecule has 1 aromatic carbocycles. The summed E-state index contributed by atoms with van der Waals surface area (Å²) >= 11 is 0. The molecule has 0 unspecified atom stereocenters. The maximum Gasteiger partial charge on any atom is 0.186 e. The Morgan fingerprint density at radius 3 is 2.74 bits per heavy atom. The Kier molecular flexibility index (Phi) is 2.85. The molecule has 0 aliphatic rings. The summed E-state index contributed by atoms with van der Waals surface area (Å²) in [5, 5.41) is 17.2. The first kappa shape index (κ1) is 11.6. The monoisotopic (exact) mass is 255 g/mol. The fraction of sp³-hybridized carbons (Fsp3) is 0.154. The van der Waals surface area contributed by atoms with Crippen LogP contribution >= 0.6 is 0 Å². The molecule has 0 bridgehead atoms. The molecule has 0 saturated heterocycles. The molecule has 0 atom stereocenters. The number of aliphatic hydroxyl groups is 1. The van der Waals surface area contributed by atoms with Crippen molar-refractivity contribution < 1.29 is 5.11 Å². The molecule has 6 nitrogen and oxygen atoms in total. The van der Waals surface area contributed by atoms with E-state index in [2.05, 4.69) is 20.4 Å². The van der Waals surface area contributed by atoms with Crippen LogP contribution in [-0.4, -0.2) is 24.9 Å². The van der Waals surface area contributed by atoms with Gasteiger partial charge < -0.3 is 10.4 Å². The zero-order valence-corrected chi connectivity index (χ0v) is 10.4. The number of hydrogen-bond acceptors (Lipinski definition) is 5. The van der Waals surface area contributed by atoms with Gasteiger partial charge in [0.2, 0.25) is 0 Å². The molecule has 2 heterocycles. The number of hydrogen-bond donors (Lipinski definition) is 2. The molecule has 96 valence electrons. The minimum atomic E-state index is -0.180. The van der Waals surface area contributed by atoms with E-state index < -0.39 is 0 Å². The maximum absolute atomic E-state index is 9.08. The molecular formula is C13H13N5O. The van der Waals surface area contributed by atoms with Crippen LogP contribution in [0.3, 0.4) is 0 Å². The molecule has 3 aromatic rings. The van der Waals surface area contributed by atoms with E-state index in [-0.39, 0.29) is 6.73 Å². The van der Waals surface area contributed by atoms with Crippen molar-refractivity contribution in [2.45, 2.75) is 13.7 Å². The average Bonchev–Trinajstić information content (AvgIpc) is 2.85. The minimum absolute atomic E-state index is 0.180. The number of nitrogens with one attached hydrogen (secondary N) is 1. The van der Waals surface area contributed by atoms with Gasteiger partial charge in [0.25, 0.3) is 0 Å². The predicted octanol–water partition coefficient (Wildman–Crippen LogP) is 1.83. The van der Waals surface area contributed by atoms with Crippen molar-refractivity contribution in [1.29, 1.82) is 0 Å². The van der Waals surface area contributed by atoms with Crippen molar-refractivity contribution in [3.63, 3.8) is 0 Å². The molecule has 3 rings (SSSR count). The summed E-state index contributed by atoms with van der Waals surface area (Å²) in [6.07, 6.45) is 3.17. The molecule has 0 fully saturated rings. The van der Waals surface area contributed by atoms with Crippen molar-refractivity contribution >= 4 is 22.5 Å². The second kappa shape index (κ2) is 4.66. The first-order chi connectivity index (χ1) is 9.26. The lowest BCUT2D eigenvalue weighted by atomic mass is 10.2. The largest absolute Gasteiger partial charge is 0.374 e. The van der Waals surface area contributed by atoms with Crippen LogP contribution in [0.15, 0.2) is 36.8 Å². The van der Waals surface area contributed by atoms with E-state index in [4.69, 9.17) is 5.11 Å².